The van der Waals surface area contributed by atoms with E-state index in [4.69, 9.17) is 5.73 Å². The first-order valence-electron chi connectivity index (χ1n) is 5.56. The Kier molecular flexibility index (Phi) is 4.90. The summed E-state index contributed by atoms with van der Waals surface area (Å²) in [5.41, 5.74) is 5.93. The van der Waals surface area contributed by atoms with Gasteiger partial charge in [0.25, 0.3) is 5.91 Å². The predicted octanol–water partition coefficient (Wildman–Crippen LogP) is 1.30. The summed E-state index contributed by atoms with van der Waals surface area (Å²) in [6.07, 6.45) is 0.676. The SMILES string of the molecule is CCC(O)CCNC(=O)c1cc(F)ccc1N. The van der Waals surface area contributed by atoms with Gasteiger partial charge < -0.3 is 16.2 Å². The number of nitrogens with one attached hydrogen (secondary N) is 1. The van der Waals surface area contributed by atoms with Gasteiger partial charge in [0.05, 0.1) is 11.7 Å². The number of aliphatic hydroxyl groups is 1. The van der Waals surface area contributed by atoms with Crippen LogP contribution in [0.5, 0.6) is 0 Å². The summed E-state index contributed by atoms with van der Waals surface area (Å²) in [6.45, 7) is 2.20. The molecular weight excluding hydrogens is 223 g/mol. The van der Waals surface area contributed by atoms with Crippen LogP contribution in [0.3, 0.4) is 0 Å². The molecule has 0 heterocycles. The van der Waals surface area contributed by atoms with E-state index in [1.165, 1.54) is 12.1 Å². The van der Waals surface area contributed by atoms with Crippen LogP contribution in [0, 0.1) is 5.82 Å². The Morgan fingerprint density at radius 3 is 2.94 bits per heavy atom. The largest absolute Gasteiger partial charge is 0.398 e. The Balaban J connectivity index is 2.55. The smallest absolute Gasteiger partial charge is 0.253 e. The van der Waals surface area contributed by atoms with Crippen molar-refractivity contribution in [3.8, 4) is 0 Å². The molecule has 0 spiro atoms. The molecule has 0 bridgehead atoms. The van der Waals surface area contributed by atoms with Gasteiger partial charge >= 0.3 is 0 Å². The van der Waals surface area contributed by atoms with Crippen LogP contribution in [-0.4, -0.2) is 23.7 Å². The Bertz CT molecular complexity index is 396. The summed E-state index contributed by atoms with van der Waals surface area (Å²) in [5.74, 6) is -0.928. The Hall–Kier alpha value is -1.62. The molecule has 1 unspecified atom stereocenters. The summed E-state index contributed by atoms with van der Waals surface area (Å²) < 4.78 is 12.9. The first-order valence-corrected chi connectivity index (χ1v) is 5.56. The van der Waals surface area contributed by atoms with Gasteiger partial charge in [-0.15, -0.1) is 0 Å². The summed E-state index contributed by atoms with van der Waals surface area (Å²) in [7, 11) is 0. The van der Waals surface area contributed by atoms with Crippen LogP contribution in [-0.2, 0) is 0 Å². The number of benzene rings is 1. The molecule has 0 aliphatic heterocycles. The van der Waals surface area contributed by atoms with E-state index in [9.17, 15) is 14.3 Å². The van der Waals surface area contributed by atoms with Gasteiger partial charge in [0.15, 0.2) is 0 Å². The number of carbonyl (C=O) groups excluding carboxylic acids is 1. The highest BCUT2D eigenvalue weighted by atomic mass is 19.1. The van der Waals surface area contributed by atoms with Gasteiger partial charge in [-0.2, -0.15) is 0 Å². The number of carbonyl (C=O) groups is 1. The van der Waals surface area contributed by atoms with E-state index < -0.39 is 17.8 Å². The predicted molar refractivity (Wildman–Crippen MR) is 64.1 cm³/mol. The minimum Gasteiger partial charge on any atom is -0.398 e. The molecule has 0 aliphatic carbocycles. The van der Waals surface area contributed by atoms with Crippen LogP contribution in [0.2, 0.25) is 0 Å². The number of aliphatic hydroxyl groups excluding tert-OH is 1. The number of anilines is 1. The zero-order chi connectivity index (χ0) is 12.8. The maximum atomic E-state index is 12.9. The lowest BCUT2D eigenvalue weighted by molar-refractivity contribution is 0.0942. The first-order chi connectivity index (χ1) is 8.04. The van der Waals surface area contributed by atoms with Gasteiger partial charge in [-0.3, -0.25) is 4.79 Å². The van der Waals surface area contributed by atoms with Crippen molar-refractivity contribution in [2.45, 2.75) is 25.9 Å². The Morgan fingerprint density at radius 2 is 2.29 bits per heavy atom. The fraction of sp³-hybridized carbons (Fsp3) is 0.417. The lowest BCUT2D eigenvalue weighted by Gasteiger charge is -2.10. The fourth-order valence-corrected chi connectivity index (χ4v) is 1.38. The topological polar surface area (TPSA) is 75.3 Å². The van der Waals surface area contributed by atoms with E-state index in [1.54, 1.807) is 0 Å². The van der Waals surface area contributed by atoms with Crippen LogP contribution in [0.1, 0.15) is 30.1 Å². The second-order valence-electron chi connectivity index (χ2n) is 3.84. The third kappa shape index (κ3) is 4.03. The molecule has 0 radical (unpaired) electrons. The molecule has 1 amide bonds. The number of rotatable bonds is 5. The highest BCUT2D eigenvalue weighted by Crippen LogP contribution is 2.13. The molecule has 4 nitrogen and oxygen atoms in total. The summed E-state index contributed by atoms with van der Waals surface area (Å²) in [5, 5.41) is 11.9. The van der Waals surface area contributed by atoms with Crippen LogP contribution in [0.25, 0.3) is 0 Å². The first kappa shape index (κ1) is 13.4. The number of amides is 1. The quantitative estimate of drug-likeness (QED) is 0.679. The van der Waals surface area contributed by atoms with E-state index in [0.29, 0.717) is 19.4 Å². The van der Waals surface area contributed by atoms with Crippen LogP contribution in [0.15, 0.2) is 18.2 Å². The molecule has 17 heavy (non-hydrogen) atoms. The van der Waals surface area contributed by atoms with Crippen molar-refractivity contribution in [1.82, 2.24) is 5.32 Å². The second-order valence-corrected chi connectivity index (χ2v) is 3.84. The van der Waals surface area contributed by atoms with Crippen LogP contribution >= 0.6 is 0 Å². The highest BCUT2D eigenvalue weighted by Gasteiger charge is 2.10. The molecule has 1 rings (SSSR count). The second kappa shape index (κ2) is 6.20. The molecular formula is C12H17FN2O2. The Labute approximate surface area is 99.6 Å². The lowest BCUT2D eigenvalue weighted by atomic mass is 10.1. The number of hydrogen-bond donors (Lipinski definition) is 3. The zero-order valence-corrected chi connectivity index (χ0v) is 9.74. The average molecular weight is 240 g/mol. The molecule has 0 aliphatic rings. The molecule has 1 atom stereocenters. The highest BCUT2D eigenvalue weighted by molar-refractivity contribution is 5.99. The van der Waals surface area contributed by atoms with Crippen molar-refractivity contribution >= 4 is 11.6 Å². The summed E-state index contributed by atoms with van der Waals surface area (Å²) in [6, 6.07) is 3.65. The number of nitrogen functional groups attached to an aromatic ring is 1. The zero-order valence-electron chi connectivity index (χ0n) is 9.74. The van der Waals surface area contributed by atoms with Gasteiger partial charge in [0.2, 0.25) is 0 Å². The monoisotopic (exact) mass is 240 g/mol. The van der Waals surface area contributed by atoms with Gasteiger partial charge in [0.1, 0.15) is 5.82 Å². The minimum absolute atomic E-state index is 0.121. The van der Waals surface area contributed by atoms with Crippen LogP contribution < -0.4 is 11.1 Å². The van der Waals surface area contributed by atoms with Gasteiger partial charge in [0, 0.05) is 12.2 Å². The van der Waals surface area contributed by atoms with Crippen molar-refractivity contribution in [1.29, 1.82) is 0 Å². The van der Waals surface area contributed by atoms with E-state index in [-0.39, 0.29) is 11.3 Å². The molecule has 5 heteroatoms. The maximum Gasteiger partial charge on any atom is 0.253 e. The molecule has 94 valence electrons. The molecule has 0 saturated carbocycles. The number of halogens is 1. The van der Waals surface area contributed by atoms with E-state index in [0.717, 1.165) is 6.07 Å². The van der Waals surface area contributed by atoms with E-state index >= 15 is 0 Å². The van der Waals surface area contributed by atoms with Gasteiger partial charge in [-0.05, 0) is 31.0 Å². The van der Waals surface area contributed by atoms with Crippen LogP contribution in [0.4, 0.5) is 10.1 Å². The normalized spacial score (nSPS) is 12.2. The van der Waals surface area contributed by atoms with Crippen molar-refractivity contribution in [2.75, 3.05) is 12.3 Å². The standard InChI is InChI=1S/C12H17FN2O2/c1-2-9(16)5-6-15-12(17)10-7-8(13)3-4-11(10)14/h3-4,7,9,16H,2,5-6,14H2,1H3,(H,15,17). The molecule has 1 aromatic carbocycles. The maximum absolute atomic E-state index is 12.9. The minimum atomic E-state index is -0.502. The van der Waals surface area contributed by atoms with Gasteiger partial charge in [-0.25, -0.2) is 4.39 Å². The molecule has 1 aromatic rings. The van der Waals surface area contributed by atoms with Crippen molar-refractivity contribution in [3.63, 3.8) is 0 Å². The van der Waals surface area contributed by atoms with Gasteiger partial charge in [-0.1, -0.05) is 6.92 Å². The third-order valence-electron chi connectivity index (χ3n) is 2.49. The molecule has 0 fully saturated rings. The van der Waals surface area contributed by atoms with Crippen molar-refractivity contribution in [3.05, 3.63) is 29.6 Å². The summed E-state index contributed by atoms with van der Waals surface area (Å²) >= 11 is 0. The molecule has 0 aromatic heterocycles. The fourth-order valence-electron chi connectivity index (χ4n) is 1.38. The van der Waals surface area contributed by atoms with Crippen molar-refractivity contribution < 1.29 is 14.3 Å². The number of nitrogens with two attached hydrogens (primary N) is 1. The van der Waals surface area contributed by atoms with E-state index in [1.807, 2.05) is 6.92 Å². The van der Waals surface area contributed by atoms with Crippen molar-refractivity contribution in [2.24, 2.45) is 0 Å². The van der Waals surface area contributed by atoms with E-state index in [2.05, 4.69) is 5.32 Å². The Morgan fingerprint density at radius 1 is 1.59 bits per heavy atom. The summed E-state index contributed by atoms with van der Waals surface area (Å²) in [4.78, 5) is 11.6. The average Bonchev–Trinajstić information content (AvgIpc) is 2.31. The molecule has 0 saturated heterocycles. The lowest BCUT2D eigenvalue weighted by Crippen LogP contribution is -2.27. The molecule has 4 N–H and O–H groups in total. The number of hydrogen-bond acceptors (Lipinski definition) is 3. The third-order valence-corrected chi connectivity index (χ3v) is 2.49.